The van der Waals surface area contributed by atoms with E-state index in [0.717, 1.165) is 0 Å². The largest absolute Gasteiger partial charge is 0.478 e. The van der Waals surface area contributed by atoms with Crippen molar-refractivity contribution < 1.29 is 18.9 Å². The molecule has 8 heteroatoms. The summed E-state index contributed by atoms with van der Waals surface area (Å²) in [7, 11) is 0. The highest BCUT2D eigenvalue weighted by Crippen LogP contribution is 2.25. The lowest BCUT2D eigenvalue weighted by molar-refractivity contribution is 0.0697. The van der Waals surface area contributed by atoms with Gasteiger partial charge in [0.15, 0.2) is 0 Å². The number of hydrogen-bond donors (Lipinski definition) is 1. The first kappa shape index (κ1) is 13.1. The second kappa shape index (κ2) is 5.02. The van der Waals surface area contributed by atoms with Crippen molar-refractivity contribution in [2.24, 2.45) is 0 Å². The summed E-state index contributed by atoms with van der Waals surface area (Å²) in [5, 5.41) is 24.4. The summed E-state index contributed by atoms with van der Waals surface area (Å²) in [5.41, 5.74) is 2.75. The molecule has 0 aliphatic carbocycles. The van der Waals surface area contributed by atoms with Crippen LogP contribution in [0, 0.1) is 0 Å². The number of hydrogen-bond acceptors (Lipinski definition) is 7. The van der Waals surface area contributed by atoms with Gasteiger partial charge in [-0.05, 0) is 52.8 Å². The van der Waals surface area contributed by atoms with E-state index in [4.69, 9.17) is 9.52 Å². The average Bonchev–Trinajstić information content (AvgIpc) is 3.23. The minimum absolute atomic E-state index is 0.192. The predicted octanol–water partition coefficient (Wildman–Crippen LogP) is 2.64. The third-order valence-corrected chi connectivity index (χ3v) is 3.30. The third kappa shape index (κ3) is 2.31. The summed E-state index contributed by atoms with van der Waals surface area (Å²) in [6, 6.07) is 11.4. The summed E-state index contributed by atoms with van der Waals surface area (Å²) < 4.78 is 10.3. The fraction of sp³-hybridized carbons (Fsp3) is 0. The van der Waals surface area contributed by atoms with E-state index in [0.29, 0.717) is 33.9 Å². The molecule has 4 aromatic rings. The Bertz CT molecular complexity index is 1000. The number of carboxylic acid groups (broad SMARTS) is 1. The van der Waals surface area contributed by atoms with Crippen LogP contribution in [0.15, 0.2) is 51.5 Å². The van der Waals surface area contributed by atoms with Gasteiger partial charge in [-0.1, -0.05) is 0 Å². The molecule has 4 rings (SSSR count). The van der Waals surface area contributed by atoms with Crippen molar-refractivity contribution in [1.82, 2.24) is 20.5 Å². The van der Waals surface area contributed by atoms with E-state index >= 15 is 0 Å². The molecule has 0 saturated carbocycles. The van der Waals surface area contributed by atoms with Crippen LogP contribution in [0.3, 0.4) is 0 Å². The Balaban J connectivity index is 1.69. The molecule has 2 aromatic heterocycles. The highest BCUT2D eigenvalue weighted by molar-refractivity contribution is 5.88. The van der Waals surface area contributed by atoms with Crippen LogP contribution in [-0.4, -0.2) is 31.6 Å². The molecule has 0 spiro atoms. The van der Waals surface area contributed by atoms with Crippen molar-refractivity contribution in [3.63, 3.8) is 0 Å². The van der Waals surface area contributed by atoms with Crippen LogP contribution in [0.25, 0.3) is 33.9 Å². The normalized spacial score (nSPS) is 11.0. The van der Waals surface area contributed by atoms with Gasteiger partial charge in [0, 0.05) is 11.1 Å². The predicted molar refractivity (Wildman–Crippen MR) is 77.5 cm³/mol. The van der Waals surface area contributed by atoms with Gasteiger partial charge < -0.3 is 9.52 Å². The monoisotopic (exact) mass is 308 g/mol. The molecule has 1 N–H and O–H groups in total. The number of carboxylic acids is 1. The molecule has 0 aliphatic rings. The van der Waals surface area contributed by atoms with E-state index in [9.17, 15) is 4.79 Å². The summed E-state index contributed by atoms with van der Waals surface area (Å²) in [6.45, 7) is 0. The maximum absolute atomic E-state index is 10.9. The number of nitrogens with zero attached hydrogens (tertiary/aromatic N) is 4. The molecule has 0 atom stereocenters. The molecule has 0 unspecified atom stereocenters. The fourth-order valence-corrected chi connectivity index (χ4v) is 2.13. The minimum Gasteiger partial charge on any atom is -0.478 e. The molecule has 0 bridgehead atoms. The first-order valence-corrected chi connectivity index (χ1v) is 6.60. The number of benzene rings is 2. The van der Waals surface area contributed by atoms with Crippen LogP contribution in [-0.2, 0) is 0 Å². The van der Waals surface area contributed by atoms with Gasteiger partial charge in [0.05, 0.1) is 5.56 Å². The smallest absolute Gasteiger partial charge is 0.335 e. The molecule has 23 heavy (non-hydrogen) atoms. The summed E-state index contributed by atoms with van der Waals surface area (Å²) in [4.78, 5) is 10.9. The van der Waals surface area contributed by atoms with E-state index in [1.807, 2.05) is 0 Å². The molecule has 112 valence electrons. The zero-order valence-electron chi connectivity index (χ0n) is 11.5. The Labute approximate surface area is 128 Å². The zero-order valence-corrected chi connectivity index (χ0v) is 11.5. The van der Waals surface area contributed by atoms with Gasteiger partial charge in [0.2, 0.25) is 11.8 Å². The van der Waals surface area contributed by atoms with E-state index in [1.165, 1.54) is 12.1 Å². The topological polar surface area (TPSA) is 115 Å². The van der Waals surface area contributed by atoms with Crippen LogP contribution >= 0.6 is 0 Å². The van der Waals surface area contributed by atoms with Crippen molar-refractivity contribution in [2.75, 3.05) is 0 Å². The second-order valence-electron chi connectivity index (χ2n) is 4.76. The Morgan fingerprint density at radius 2 is 1.52 bits per heavy atom. The van der Waals surface area contributed by atoms with E-state index in [-0.39, 0.29) is 5.56 Å². The van der Waals surface area contributed by atoms with Crippen LogP contribution < -0.4 is 0 Å². The fourth-order valence-electron chi connectivity index (χ4n) is 2.13. The Morgan fingerprint density at radius 3 is 2.26 bits per heavy atom. The standard InChI is InChI=1S/C15H8N4O4/c20-15(21)9-3-1-8(2-4-9)13-16-17-14(22-13)10-5-6-11-12(7-10)19-23-18-11/h1-7H,(H,20,21). The molecule has 2 heterocycles. The third-order valence-electron chi connectivity index (χ3n) is 3.30. The van der Waals surface area contributed by atoms with Crippen LogP contribution in [0.2, 0.25) is 0 Å². The second-order valence-corrected chi connectivity index (χ2v) is 4.76. The Morgan fingerprint density at radius 1 is 0.870 bits per heavy atom. The van der Waals surface area contributed by atoms with Gasteiger partial charge in [-0.2, -0.15) is 0 Å². The summed E-state index contributed by atoms with van der Waals surface area (Å²) >= 11 is 0. The average molecular weight is 308 g/mol. The van der Waals surface area contributed by atoms with E-state index in [2.05, 4.69) is 25.1 Å². The molecule has 2 aromatic carbocycles. The Kier molecular flexibility index (Phi) is 2.87. The maximum Gasteiger partial charge on any atom is 0.335 e. The van der Waals surface area contributed by atoms with Crippen LogP contribution in [0.5, 0.6) is 0 Å². The number of carbonyl (C=O) groups is 1. The molecule has 0 saturated heterocycles. The first-order chi connectivity index (χ1) is 11.2. The number of aromatic nitrogens is 4. The molecular formula is C15H8N4O4. The highest BCUT2D eigenvalue weighted by Gasteiger charge is 2.13. The molecular weight excluding hydrogens is 300 g/mol. The van der Waals surface area contributed by atoms with Crippen molar-refractivity contribution in [2.45, 2.75) is 0 Å². The van der Waals surface area contributed by atoms with Gasteiger partial charge in [0.25, 0.3) is 0 Å². The van der Waals surface area contributed by atoms with Gasteiger partial charge in [0.1, 0.15) is 11.0 Å². The quantitative estimate of drug-likeness (QED) is 0.614. The number of rotatable bonds is 3. The van der Waals surface area contributed by atoms with E-state index in [1.54, 1.807) is 30.3 Å². The van der Waals surface area contributed by atoms with Crippen LogP contribution in [0.1, 0.15) is 10.4 Å². The van der Waals surface area contributed by atoms with Gasteiger partial charge in [-0.3, -0.25) is 0 Å². The Hall–Kier alpha value is -3.55. The highest BCUT2D eigenvalue weighted by atomic mass is 16.6. The molecule has 0 fully saturated rings. The summed E-state index contributed by atoms with van der Waals surface area (Å²) in [6.07, 6.45) is 0. The van der Waals surface area contributed by atoms with Gasteiger partial charge in [-0.15, -0.1) is 10.2 Å². The van der Waals surface area contributed by atoms with Gasteiger partial charge >= 0.3 is 5.97 Å². The van der Waals surface area contributed by atoms with Crippen LogP contribution in [0.4, 0.5) is 0 Å². The minimum atomic E-state index is -0.989. The lowest BCUT2D eigenvalue weighted by Gasteiger charge is -1.96. The SMILES string of the molecule is O=C(O)c1ccc(-c2nnc(-c3ccc4nonc4c3)o2)cc1. The maximum atomic E-state index is 10.9. The molecule has 0 amide bonds. The lowest BCUT2D eigenvalue weighted by Crippen LogP contribution is -1.94. The van der Waals surface area contributed by atoms with Crippen molar-refractivity contribution in [1.29, 1.82) is 0 Å². The number of aromatic carboxylic acids is 1. The lowest BCUT2D eigenvalue weighted by atomic mass is 10.1. The molecule has 8 nitrogen and oxygen atoms in total. The zero-order chi connectivity index (χ0) is 15.8. The number of fused-ring (bicyclic) bond motifs is 1. The summed E-state index contributed by atoms with van der Waals surface area (Å²) in [5.74, 6) is -0.361. The van der Waals surface area contributed by atoms with Crippen molar-refractivity contribution in [3.05, 3.63) is 48.0 Å². The van der Waals surface area contributed by atoms with Gasteiger partial charge in [-0.25, -0.2) is 9.42 Å². The van der Waals surface area contributed by atoms with E-state index < -0.39 is 5.97 Å². The van der Waals surface area contributed by atoms with Crippen molar-refractivity contribution >= 4 is 17.0 Å². The first-order valence-electron chi connectivity index (χ1n) is 6.60. The molecule has 0 aliphatic heterocycles. The van der Waals surface area contributed by atoms with Crippen molar-refractivity contribution in [3.8, 4) is 22.9 Å². The molecule has 0 radical (unpaired) electrons.